The van der Waals surface area contributed by atoms with Crippen molar-refractivity contribution in [3.05, 3.63) is 23.3 Å². The van der Waals surface area contributed by atoms with E-state index in [1.165, 1.54) is 18.6 Å². The molecule has 1 atom stereocenters. The summed E-state index contributed by atoms with van der Waals surface area (Å²) in [6, 6.07) is 2.09. The first-order valence-electron chi connectivity index (χ1n) is 6.65. The van der Waals surface area contributed by atoms with E-state index in [9.17, 15) is 0 Å². The van der Waals surface area contributed by atoms with Crippen molar-refractivity contribution in [2.75, 3.05) is 5.75 Å². The summed E-state index contributed by atoms with van der Waals surface area (Å²) in [5, 5.41) is 4.00. The largest absolute Gasteiger partial charge is 0.306 e. The topological polar surface area (TPSA) is 37.8 Å². The highest BCUT2D eigenvalue weighted by Gasteiger charge is 2.21. The number of aromatic nitrogens is 2. The maximum Gasteiger partial charge on any atom is 0.141 e. The van der Waals surface area contributed by atoms with Gasteiger partial charge in [-0.15, -0.1) is 0 Å². The molecule has 0 bridgehead atoms. The van der Waals surface area contributed by atoms with Crippen LogP contribution in [0.25, 0.3) is 0 Å². The fourth-order valence-electron chi connectivity index (χ4n) is 2.03. The minimum Gasteiger partial charge on any atom is -0.306 e. The van der Waals surface area contributed by atoms with Crippen LogP contribution in [0.4, 0.5) is 0 Å². The number of rotatable bonds is 3. The highest BCUT2D eigenvalue weighted by molar-refractivity contribution is 7.99. The summed E-state index contributed by atoms with van der Waals surface area (Å²) < 4.78 is 0. The Morgan fingerprint density at radius 3 is 2.78 bits per heavy atom. The van der Waals surface area contributed by atoms with E-state index in [1.807, 2.05) is 11.8 Å². The van der Waals surface area contributed by atoms with E-state index in [-0.39, 0.29) is 5.54 Å². The van der Waals surface area contributed by atoms with Gasteiger partial charge in [-0.3, -0.25) is 0 Å². The van der Waals surface area contributed by atoms with Gasteiger partial charge in [-0.25, -0.2) is 9.97 Å². The lowest BCUT2D eigenvalue weighted by atomic mass is 10.1. The maximum atomic E-state index is 4.72. The van der Waals surface area contributed by atoms with Crippen LogP contribution in [0.15, 0.2) is 6.07 Å². The Balaban J connectivity index is 2.10. The molecule has 0 aliphatic carbocycles. The Hall–Kier alpha value is -0.610. The van der Waals surface area contributed by atoms with Gasteiger partial charge in [-0.05, 0) is 52.4 Å². The van der Waals surface area contributed by atoms with Crippen LogP contribution >= 0.6 is 11.8 Å². The number of thioether (sulfide) groups is 1. The third-order valence-corrected chi connectivity index (χ3v) is 4.32. The molecule has 1 aliphatic rings. The van der Waals surface area contributed by atoms with Crippen molar-refractivity contribution in [2.24, 2.45) is 0 Å². The normalized spacial score (nSPS) is 20.3. The molecule has 3 nitrogen and oxygen atoms in total. The lowest BCUT2D eigenvalue weighted by molar-refractivity contribution is 0.420. The smallest absolute Gasteiger partial charge is 0.141 e. The minimum atomic E-state index is 0.126. The molecule has 0 amide bonds. The first kappa shape index (κ1) is 13.8. The van der Waals surface area contributed by atoms with Gasteiger partial charge in [0.1, 0.15) is 5.82 Å². The number of hydrogen-bond donors (Lipinski definition) is 1. The Morgan fingerprint density at radius 1 is 1.39 bits per heavy atom. The van der Waals surface area contributed by atoms with Gasteiger partial charge in [-0.1, -0.05) is 0 Å². The number of nitrogens with one attached hydrogen (secondary N) is 1. The molecule has 1 aliphatic heterocycles. The zero-order chi connectivity index (χ0) is 13.2. The molecule has 18 heavy (non-hydrogen) atoms. The van der Waals surface area contributed by atoms with Gasteiger partial charge in [0.25, 0.3) is 0 Å². The van der Waals surface area contributed by atoms with Gasteiger partial charge in [0.15, 0.2) is 0 Å². The third kappa shape index (κ3) is 3.95. The lowest BCUT2D eigenvalue weighted by Crippen LogP contribution is -2.35. The van der Waals surface area contributed by atoms with Crippen LogP contribution in [0.2, 0.25) is 0 Å². The molecule has 1 aromatic heterocycles. The first-order chi connectivity index (χ1) is 8.44. The van der Waals surface area contributed by atoms with E-state index in [1.54, 1.807) is 0 Å². The summed E-state index contributed by atoms with van der Waals surface area (Å²) in [5.41, 5.74) is 2.32. The molecule has 1 unspecified atom stereocenters. The molecule has 2 rings (SSSR count). The number of aryl methyl sites for hydroxylation is 1. The van der Waals surface area contributed by atoms with E-state index in [0.717, 1.165) is 23.8 Å². The predicted octanol–water partition coefficient (Wildman–Crippen LogP) is 3.24. The second-order valence-corrected chi connectivity index (χ2v) is 7.27. The SMILES string of the molecule is Cc1cc(CNC(C)(C)C)nc(C2CCCS2)n1. The van der Waals surface area contributed by atoms with Crippen molar-refractivity contribution < 1.29 is 0 Å². The fourth-order valence-corrected chi connectivity index (χ4v) is 3.24. The van der Waals surface area contributed by atoms with Crippen LogP contribution < -0.4 is 5.32 Å². The van der Waals surface area contributed by atoms with Crippen molar-refractivity contribution in [1.82, 2.24) is 15.3 Å². The molecule has 0 saturated carbocycles. The molecule has 1 fully saturated rings. The summed E-state index contributed by atoms with van der Waals surface area (Å²) in [5.74, 6) is 2.28. The predicted molar refractivity (Wildman–Crippen MR) is 77.8 cm³/mol. The summed E-state index contributed by atoms with van der Waals surface area (Å²) in [4.78, 5) is 9.32. The van der Waals surface area contributed by atoms with Crippen molar-refractivity contribution in [1.29, 1.82) is 0 Å². The molecule has 1 saturated heterocycles. The second-order valence-electron chi connectivity index (χ2n) is 5.96. The molecule has 0 spiro atoms. The van der Waals surface area contributed by atoms with Crippen molar-refractivity contribution in [3.8, 4) is 0 Å². The van der Waals surface area contributed by atoms with Crippen molar-refractivity contribution in [2.45, 2.75) is 57.9 Å². The summed E-state index contributed by atoms with van der Waals surface area (Å²) in [6.07, 6.45) is 2.52. The molecule has 1 N–H and O–H groups in total. The Kier molecular flexibility index (Phi) is 4.28. The average molecular weight is 265 g/mol. The molecule has 2 heterocycles. The van der Waals surface area contributed by atoms with E-state index >= 15 is 0 Å². The van der Waals surface area contributed by atoms with Crippen LogP contribution in [0, 0.1) is 6.92 Å². The third-order valence-electron chi connectivity index (χ3n) is 2.94. The monoisotopic (exact) mass is 265 g/mol. The molecule has 1 aromatic rings. The van der Waals surface area contributed by atoms with E-state index in [0.29, 0.717) is 5.25 Å². The zero-order valence-corrected chi connectivity index (χ0v) is 12.6. The highest BCUT2D eigenvalue weighted by atomic mass is 32.2. The molecule has 100 valence electrons. The van der Waals surface area contributed by atoms with Crippen LogP contribution in [0.5, 0.6) is 0 Å². The van der Waals surface area contributed by atoms with E-state index in [2.05, 4.69) is 44.1 Å². The van der Waals surface area contributed by atoms with Crippen molar-refractivity contribution >= 4 is 11.8 Å². The fraction of sp³-hybridized carbons (Fsp3) is 0.714. The maximum absolute atomic E-state index is 4.72. The minimum absolute atomic E-state index is 0.126. The second kappa shape index (κ2) is 5.57. The Labute approximate surface area is 114 Å². The van der Waals surface area contributed by atoms with Crippen LogP contribution in [0.3, 0.4) is 0 Å². The van der Waals surface area contributed by atoms with Gasteiger partial charge >= 0.3 is 0 Å². The average Bonchev–Trinajstić information content (AvgIpc) is 2.78. The number of hydrogen-bond acceptors (Lipinski definition) is 4. The van der Waals surface area contributed by atoms with E-state index < -0.39 is 0 Å². The zero-order valence-electron chi connectivity index (χ0n) is 11.8. The standard InChI is InChI=1S/C14H23N3S/c1-10-8-11(9-15-14(2,3)4)17-13(16-10)12-6-5-7-18-12/h8,12,15H,5-7,9H2,1-4H3. The highest BCUT2D eigenvalue weighted by Crippen LogP contribution is 2.38. The molecule has 0 aromatic carbocycles. The molecular weight excluding hydrogens is 242 g/mol. The summed E-state index contributed by atoms with van der Waals surface area (Å²) >= 11 is 1.99. The quantitative estimate of drug-likeness (QED) is 0.910. The molecule has 0 radical (unpaired) electrons. The molecular formula is C14H23N3S. The summed E-state index contributed by atoms with van der Waals surface area (Å²) in [6.45, 7) is 9.40. The van der Waals surface area contributed by atoms with Crippen molar-refractivity contribution in [3.63, 3.8) is 0 Å². The summed E-state index contributed by atoms with van der Waals surface area (Å²) in [7, 11) is 0. The van der Waals surface area contributed by atoms with Crippen LogP contribution in [0.1, 0.15) is 56.1 Å². The van der Waals surface area contributed by atoms with Gasteiger partial charge < -0.3 is 5.32 Å². The first-order valence-corrected chi connectivity index (χ1v) is 7.70. The van der Waals surface area contributed by atoms with Gasteiger partial charge in [0.05, 0.1) is 10.9 Å². The Morgan fingerprint density at radius 2 is 2.17 bits per heavy atom. The van der Waals surface area contributed by atoms with E-state index in [4.69, 9.17) is 4.98 Å². The Bertz CT molecular complexity index is 406. The lowest BCUT2D eigenvalue weighted by Gasteiger charge is -2.20. The van der Waals surface area contributed by atoms with Crippen LogP contribution in [-0.4, -0.2) is 21.3 Å². The van der Waals surface area contributed by atoms with Crippen LogP contribution in [-0.2, 0) is 6.54 Å². The molecule has 4 heteroatoms. The van der Waals surface area contributed by atoms with Gasteiger partial charge in [0, 0.05) is 17.8 Å². The van der Waals surface area contributed by atoms with Gasteiger partial charge in [0.2, 0.25) is 0 Å². The van der Waals surface area contributed by atoms with Gasteiger partial charge in [-0.2, -0.15) is 11.8 Å². The number of nitrogens with zero attached hydrogens (tertiary/aromatic N) is 2.